The summed E-state index contributed by atoms with van der Waals surface area (Å²) in [6.45, 7) is 1.38. The number of nitrogens with one attached hydrogen (secondary N) is 3. The van der Waals surface area contributed by atoms with E-state index >= 15 is 0 Å². The number of hydrogen-bond donors (Lipinski definition) is 3. The maximum Gasteiger partial charge on any atom is 0.453 e. The van der Waals surface area contributed by atoms with Gasteiger partial charge in [0.25, 0.3) is 5.91 Å². The Balaban J connectivity index is 2.19. The number of carbonyl (C=O) groups excluding carboxylic acids is 3. The van der Waals surface area contributed by atoms with Gasteiger partial charge in [0.15, 0.2) is 5.82 Å². The minimum absolute atomic E-state index is 0.0883. The second kappa shape index (κ2) is 12.0. The predicted molar refractivity (Wildman–Crippen MR) is 128 cm³/mol. The SMILES string of the molecule is CC(Cl)(Cl)CC(=O)Nc1ccc(Cl)c(C(=O)Nc2ccc(F)c(NC(=O)CCC(F)(F)C(F)(F)F)c2F)c1. The van der Waals surface area contributed by atoms with Crippen molar-refractivity contribution in [3.63, 3.8) is 0 Å². The van der Waals surface area contributed by atoms with E-state index in [1.54, 1.807) is 5.32 Å². The van der Waals surface area contributed by atoms with E-state index in [1.165, 1.54) is 19.1 Å². The maximum absolute atomic E-state index is 14.8. The van der Waals surface area contributed by atoms with Crippen molar-refractivity contribution in [3.05, 3.63) is 52.6 Å². The van der Waals surface area contributed by atoms with Gasteiger partial charge in [-0.25, -0.2) is 8.78 Å². The van der Waals surface area contributed by atoms with Gasteiger partial charge in [-0.15, -0.1) is 23.2 Å². The molecule has 3 N–H and O–H groups in total. The highest BCUT2D eigenvalue weighted by Crippen LogP contribution is 2.39. The molecule has 16 heteroatoms. The van der Waals surface area contributed by atoms with Crippen LogP contribution in [0.5, 0.6) is 0 Å². The van der Waals surface area contributed by atoms with Crippen LogP contribution < -0.4 is 16.0 Å². The van der Waals surface area contributed by atoms with Crippen molar-refractivity contribution in [1.82, 2.24) is 0 Å². The van der Waals surface area contributed by atoms with Crippen LogP contribution in [0, 0.1) is 11.6 Å². The average molecular weight is 611 g/mol. The van der Waals surface area contributed by atoms with E-state index in [1.807, 2.05) is 0 Å². The molecular weight excluding hydrogens is 594 g/mol. The molecule has 0 saturated heterocycles. The third-order valence-corrected chi connectivity index (χ3v) is 5.25. The highest BCUT2D eigenvalue weighted by molar-refractivity contribution is 6.49. The Morgan fingerprint density at radius 2 is 1.53 bits per heavy atom. The Morgan fingerprint density at radius 1 is 0.895 bits per heavy atom. The smallest absolute Gasteiger partial charge is 0.326 e. The Morgan fingerprint density at radius 3 is 2.11 bits per heavy atom. The van der Waals surface area contributed by atoms with Crippen LogP contribution in [0.2, 0.25) is 5.02 Å². The zero-order chi connectivity index (χ0) is 29.1. The first-order valence-corrected chi connectivity index (χ1v) is 11.4. The van der Waals surface area contributed by atoms with Gasteiger partial charge in [0.05, 0.1) is 22.7 Å². The highest BCUT2D eigenvalue weighted by atomic mass is 35.5. The van der Waals surface area contributed by atoms with E-state index in [0.717, 1.165) is 12.1 Å². The molecule has 0 atom stereocenters. The first-order valence-electron chi connectivity index (χ1n) is 10.3. The molecule has 0 fully saturated rings. The Kier molecular flexibility index (Phi) is 9.89. The van der Waals surface area contributed by atoms with Crippen LogP contribution in [-0.4, -0.2) is 34.2 Å². The van der Waals surface area contributed by atoms with Crippen molar-refractivity contribution in [3.8, 4) is 0 Å². The quantitative estimate of drug-likeness (QED) is 0.206. The minimum Gasteiger partial charge on any atom is -0.326 e. The standard InChI is InChI=1S/C22H17Cl3F7N3O3/c1-20(24,25)9-16(37)33-10-2-3-12(23)11(8-10)19(38)34-14-5-4-13(26)18(17(14)27)35-15(36)6-7-21(28,29)22(30,31)32/h2-5,8H,6-7,9H2,1H3,(H,33,37)(H,34,38)(H,35,36). The third-order valence-electron chi connectivity index (χ3n) is 4.65. The van der Waals surface area contributed by atoms with Gasteiger partial charge >= 0.3 is 12.1 Å². The van der Waals surface area contributed by atoms with Gasteiger partial charge in [-0.05, 0) is 37.3 Å². The zero-order valence-electron chi connectivity index (χ0n) is 19.0. The van der Waals surface area contributed by atoms with Crippen LogP contribution in [-0.2, 0) is 9.59 Å². The average Bonchev–Trinajstić information content (AvgIpc) is 2.76. The molecule has 0 aromatic heterocycles. The number of alkyl halides is 7. The molecule has 3 amide bonds. The maximum atomic E-state index is 14.8. The minimum atomic E-state index is -5.91. The number of benzene rings is 2. The molecule has 0 aliphatic rings. The molecule has 208 valence electrons. The summed E-state index contributed by atoms with van der Waals surface area (Å²) in [5.41, 5.74) is -2.07. The molecule has 0 spiro atoms. The van der Waals surface area contributed by atoms with E-state index in [-0.39, 0.29) is 22.7 Å². The number of amides is 3. The largest absolute Gasteiger partial charge is 0.453 e. The Hall–Kier alpha value is -2.77. The van der Waals surface area contributed by atoms with E-state index in [2.05, 4.69) is 10.6 Å². The molecule has 6 nitrogen and oxygen atoms in total. The van der Waals surface area contributed by atoms with Crippen molar-refractivity contribution < 1.29 is 45.1 Å². The van der Waals surface area contributed by atoms with Gasteiger partial charge in [-0.1, -0.05) is 11.6 Å². The summed E-state index contributed by atoms with van der Waals surface area (Å²) in [6, 6.07) is 5.06. The van der Waals surface area contributed by atoms with E-state index in [9.17, 15) is 45.1 Å². The van der Waals surface area contributed by atoms with E-state index < -0.39 is 70.0 Å². The van der Waals surface area contributed by atoms with Crippen molar-refractivity contribution >= 4 is 69.6 Å². The summed E-state index contributed by atoms with van der Waals surface area (Å²) in [6.07, 6.45) is -9.58. The van der Waals surface area contributed by atoms with Crippen molar-refractivity contribution in [1.29, 1.82) is 0 Å². The zero-order valence-corrected chi connectivity index (χ0v) is 21.3. The number of hydrogen-bond acceptors (Lipinski definition) is 3. The molecule has 0 saturated carbocycles. The number of rotatable bonds is 9. The van der Waals surface area contributed by atoms with Crippen LogP contribution in [0.3, 0.4) is 0 Å². The second-order valence-electron chi connectivity index (χ2n) is 7.98. The molecule has 0 heterocycles. The van der Waals surface area contributed by atoms with E-state index in [0.29, 0.717) is 6.07 Å². The molecule has 0 radical (unpaired) electrons. The second-order valence-corrected chi connectivity index (χ2v) is 10.2. The highest BCUT2D eigenvalue weighted by Gasteiger charge is 2.56. The summed E-state index contributed by atoms with van der Waals surface area (Å²) in [4.78, 5) is 36.5. The summed E-state index contributed by atoms with van der Waals surface area (Å²) in [5.74, 6) is -11.3. The molecule has 0 unspecified atom stereocenters. The molecule has 2 aromatic carbocycles. The number of carbonyl (C=O) groups is 3. The van der Waals surface area contributed by atoms with Crippen LogP contribution in [0.4, 0.5) is 47.8 Å². The Labute approximate surface area is 225 Å². The molecule has 0 bridgehead atoms. The molecular formula is C22H17Cl3F7N3O3. The fourth-order valence-electron chi connectivity index (χ4n) is 2.83. The van der Waals surface area contributed by atoms with Gasteiger partial charge in [0.2, 0.25) is 11.8 Å². The molecule has 38 heavy (non-hydrogen) atoms. The fourth-order valence-corrected chi connectivity index (χ4v) is 3.28. The molecule has 0 aliphatic heterocycles. The lowest BCUT2D eigenvalue weighted by molar-refractivity contribution is -0.284. The lowest BCUT2D eigenvalue weighted by Crippen LogP contribution is -2.37. The Bertz CT molecular complexity index is 1240. The number of anilines is 3. The van der Waals surface area contributed by atoms with Crippen LogP contribution >= 0.6 is 34.8 Å². The third kappa shape index (κ3) is 8.63. The van der Waals surface area contributed by atoms with Crippen LogP contribution in [0.15, 0.2) is 30.3 Å². The van der Waals surface area contributed by atoms with Crippen LogP contribution in [0.1, 0.15) is 36.5 Å². The predicted octanol–water partition coefficient (Wildman–Crippen LogP) is 7.31. The summed E-state index contributed by atoms with van der Waals surface area (Å²) >= 11 is 17.5. The van der Waals surface area contributed by atoms with E-state index in [4.69, 9.17) is 34.8 Å². The topological polar surface area (TPSA) is 87.3 Å². The number of halogens is 10. The van der Waals surface area contributed by atoms with Crippen LogP contribution in [0.25, 0.3) is 0 Å². The van der Waals surface area contributed by atoms with Gasteiger partial charge in [-0.3, -0.25) is 14.4 Å². The monoisotopic (exact) mass is 609 g/mol. The van der Waals surface area contributed by atoms with Gasteiger partial charge in [0, 0.05) is 18.5 Å². The van der Waals surface area contributed by atoms with Gasteiger partial charge in [0.1, 0.15) is 15.8 Å². The normalized spacial score (nSPS) is 12.2. The first kappa shape index (κ1) is 31.4. The molecule has 2 rings (SSSR count). The molecule has 2 aromatic rings. The fraction of sp³-hybridized carbons (Fsp3) is 0.318. The van der Waals surface area contributed by atoms with Crippen molar-refractivity contribution in [2.75, 3.05) is 16.0 Å². The summed E-state index contributed by atoms with van der Waals surface area (Å²) in [7, 11) is 0. The van der Waals surface area contributed by atoms with Crippen molar-refractivity contribution in [2.45, 2.75) is 42.6 Å². The van der Waals surface area contributed by atoms with Crippen molar-refractivity contribution in [2.24, 2.45) is 0 Å². The first-order chi connectivity index (χ1) is 17.3. The lowest BCUT2D eigenvalue weighted by atomic mass is 10.1. The van der Waals surface area contributed by atoms with Gasteiger partial charge < -0.3 is 16.0 Å². The molecule has 0 aliphatic carbocycles. The summed E-state index contributed by atoms with van der Waals surface area (Å²) < 4.78 is 90.3. The lowest BCUT2D eigenvalue weighted by Gasteiger charge is -2.19. The summed E-state index contributed by atoms with van der Waals surface area (Å²) in [5, 5.41) is 5.93. The van der Waals surface area contributed by atoms with Gasteiger partial charge in [-0.2, -0.15) is 22.0 Å².